The van der Waals surface area contributed by atoms with E-state index in [9.17, 15) is 9.90 Å². The fourth-order valence-corrected chi connectivity index (χ4v) is 6.82. The molecule has 1 aliphatic heterocycles. The molecule has 5 aliphatic rings. The van der Waals surface area contributed by atoms with E-state index in [1.54, 1.807) is 7.11 Å². The number of carbonyl (C=O) groups excluding carboxylic acids is 1. The molecule has 3 unspecified atom stereocenters. The average Bonchev–Trinajstić information content (AvgIpc) is 2.92. The number of urea groups is 1. The van der Waals surface area contributed by atoms with Crippen LogP contribution in [0.2, 0.25) is 0 Å². The van der Waals surface area contributed by atoms with Crippen LogP contribution in [0.25, 0.3) is 0 Å². The van der Waals surface area contributed by atoms with Crippen molar-refractivity contribution in [3.63, 3.8) is 0 Å². The summed E-state index contributed by atoms with van der Waals surface area (Å²) < 4.78 is 5.64. The lowest BCUT2D eigenvalue weighted by Gasteiger charge is -2.61. The highest BCUT2D eigenvalue weighted by molar-refractivity contribution is 5.79. The highest BCUT2D eigenvalue weighted by Gasteiger charge is 2.61. The van der Waals surface area contributed by atoms with E-state index in [0.29, 0.717) is 30.9 Å². The zero-order valence-corrected chi connectivity index (χ0v) is 15.4. The van der Waals surface area contributed by atoms with Crippen LogP contribution in [0.3, 0.4) is 0 Å². The van der Waals surface area contributed by atoms with Gasteiger partial charge in [0.1, 0.15) is 5.54 Å². The summed E-state index contributed by atoms with van der Waals surface area (Å²) in [5.74, 6) is 1.43. The molecule has 1 heterocycles. The molecular weight excluding hydrogens is 328 g/mol. The fraction of sp³-hybridized carbons (Fsp3) is 0.667. The van der Waals surface area contributed by atoms with Gasteiger partial charge in [-0.3, -0.25) is 0 Å². The van der Waals surface area contributed by atoms with Crippen LogP contribution in [0.4, 0.5) is 4.79 Å². The van der Waals surface area contributed by atoms with E-state index in [4.69, 9.17) is 4.74 Å². The Kier molecular flexibility index (Phi) is 3.63. The second-order valence-corrected chi connectivity index (χ2v) is 9.04. The lowest BCUT2D eigenvalue weighted by atomic mass is 9.51. The van der Waals surface area contributed by atoms with Crippen molar-refractivity contribution < 1.29 is 14.6 Å². The van der Waals surface area contributed by atoms with E-state index in [1.807, 2.05) is 18.2 Å². The summed E-state index contributed by atoms with van der Waals surface area (Å²) >= 11 is 0. The number of nitrogens with one attached hydrogen (secondary N) is 1. The Labute approximate surface area is 154 Å². The number of carbonyl (C=O) groups is 1. The monoisotopic (exact) mass is 356 g/mol. The molecule has 5 heteroatoms. The maximum Gasteiger partial charge on any atom is 0.318 e. The number of hydrogen-bond donors (Lipinski definition) is 2. The molecule has 5 fully saturated rings. The van der Waals surface area contributed by atoms with Gasteiger partial charge in [0.15, 0.2) is 0 Å². The van der Waals surface area contributed by atoms with Crippen molar-refractivity contribution in [2.75, 3.05) is 20.3 Å². The summed E-state index contributed by atoms with van der Waals surface area (Å²) in [7, 11) is 1.71. The van der Waals surface area contributed by atoms with Crippen molar-refractivity contribution in [1.82, 2.24) is 10.2 Å². The minimum Gasteiger partial charge on any atom is -0.390 e. The summed E-state index contributed by atoms with van der Waals surface area (Å²) in [6.45, 7) is 1.06. The van der Waals surface area contributed by atoms with Gasteiger partial charge < -0.3 is 20.1 Å². The molecule has 2 amide bonds. The fourth-order valence-electron chi connectivity index (χ4n) is 6.82. The molecule has 1 saturated heterocycles. The number of hydrogen-bond acceptors (Lipinski definition) is 3. The second kappa shape index (κ2) is 5.70. The first kappa shape index (κ1) is 16.6. The minimum absolute atomic E-state index is 0.0235. The molecule has 140 valence electrons. The van der Waals surface area contributed by atoms with Crippen molar-refractivity contribution in [2.24, 2.45) is 17.8 Å². The summed E-state index contributed by atoms with van der Waals surface area (Å²) in [5.41, 5.74) is 0.183. The molecule has 1 aromatic carbocycles. The number of aliphatic hydroxyl groups is 1. The molecule has 0 aromatic heterocycles. The highest BCUT2D eigenvalue weighted by Crippen LogP contribution is 2.58. The van der Waals surface area contributed by atoms with Gasteiger partial charge in [0.05, 0.1) is 12.2 Å². The van der Waals surface area contributed by atoms with Gasteiger partial charge in [0, 0.05) is 19.7 Å². The van der Waals surface area contributed by atoms with Gasteiger partial charge in [-0.1, -0.05) is 30.3 Å². The maximum absolute atomic E-state index is 13.0. The predicted octanol–water partition coefficient (Wildman–Crippen LogP) is 2.49. The largest absolute Gasteiger partial charge is 0.390 e. The lowest BCUT2D eigenvalue weighted by Crippen LogP contribution is -2.65. The third-order valence-corrected chi connectivity index (χ3v) is 7.40. The molecule has 4 aliphatic carbocycles. The van der Waals surface area contributed by atoms with Crippen LogP contribution in [0, 0.1) is 17.8 Å². The molecule has 3 atom stereocenters. The normalized spacial score (nSPS) is 43.8. The van der Waals surface area contributed by atoms with E-state index in [1.165, 1.54) is 0 Å². The number of amides is 2. The van der Waals surface area contributed by atoms with E-state index >= 15 is 0 Å². The number of rotatable bonds is 4. The average molecular weight is 356 g/mol. The molecule has 4 saturated carbocycles. The van der Waals surface area contributed by atoms with Gasteiger partial charge in [-0.15, -0.1) is 0 Å². The number of benzene rings is 1. The van der Waals surface area contributed by atoms with Crippen LogP contribution in [-0.4, -0.2) is 47.9 Å². The smallest absolute Gasteiger partial charge is 0.318 e. The molecule has 5 nitrogen and oxygen atoms in total. The van der Waals surface area contributed by atoms with Gasteiger partial charge in [0.2, 0.25) is 0 Å². The highest BCUT2D eigenvalue weighted by atomic mass is 16.5. The molecule has 4 bridgehead atoms. The van der Waals surface area contributed by atoms with E-state index < -0.39 is 11.1 Å². The summed E-state index contributed by atoms with van der Waals surface area (Å²) in [5, 5.41) is 14.0. The van der Waals surface area contributed by atoms with Crippen LogP contribution in [-0.2, 0) is 10.3 Å². The summed E-state index contributed by atoms with van der Waals surface area (Å²) in [6, 6.07) is 10.5. The first-order chi connectivity index (χ1) is 12.5. The third-order valence-electron chi connectivity index (χ3n) is 7.40. The van der Waals surface area contributed by atoms with Crippen molar-refractivity contribution >= 4 is 6.03 Å². The third kappa shape index (κ3) is 2.26. The number of ether oxygens (including phenoxy) is 1. The zero-order chi connectivity index (χ0) is 17.9. The summed E-state index contributed by atoms with van der Waals surface area (Å²) in [4.78, 5) is 15.2. The van der Waals surface area contributed by atoms with E-state index in [-0.39, 0.29) is 12.1 Å². The Morgan fingerprint density at radius 1 is 1.19 bits per heavy atom. The molecule has 1 aromatic rings. The van der Waals surface area contributed by atoms with Gasteiger partial charge in [0.25, 0.3) is 0 Å². The molecule has 0 spiro atoms. The Morgan fingerprint density at radius 2 is 1.88 bits per heavy atom. The standard InChI is InChI=1S/C21H28N2O3/c1-26-13-21(17-5-3-2-4-6-17)12-22-19(24)23(21)18-15-7-14-8-16(18)11-20(25,9-14)10-15/h2-6,14-16,18,25H,7-13H2,1H3,(H,22,24). The van der Waals surface area contributed by atoms with Gasteiger partial charge in [-0.25, -0.2) is 4.79 Å². The van der Waals surface area contributed by atoms with Crippen LogP contribution in [0.5, 0.6) is 0 Å². The zero-order valence-electron chi connectivity index (χ0n) is 15.4. The van der Waals surface area contributed by atoms with Crippen LogP contribution >= 0.6 is 0 Å². The topological polar surface area (TPSA) is 61.8 Å². The number of nitrogens with zero attached hydrogens (tertiary/aromatic N) is 1. The Balaban J connectivity index is 1.57. The predicted molar refractivity (Wildman–Crippen MR) is 97.5 cm³/mol. The first-order valence-electron chi connectivity index (χ1n) is 9.89. The van der Waals surface area contributed by atoms with Crippen LogP contribution < -0.4 is 5.32 Å². The quantitative estimate of drug-likeness (QED) is 0.871. The first-order valence-corrected chi connectivity index (χ1v) is 9.89. The molecule has 26 heavy (non-hydrogen) atoms. The molecule has 0 radical (unpaired) electrons. The van der Waals surface area contributed by atoms with Crippen molar-refractivity contribution in [2.45, 2.75) is 49.3 Å². The minimum atomic E-state index is -0.486. The SMILES string of the molecule is COCC1(c2ccccc2)CNC(=O)N1C1C2CC3CC1CC(O)(C3)C2. The van der Waals surface area contributed by atoms with E-state index in [0.717, 1.165) is 37.7 Å². The van der Waals surface area contributed by atoms with Crippen LogP contribution in [0.15, 0.2) is 30.3 Å². The molecular formula is C21H28N2O3. The van der Waals surface area contributed by atoms with Crippen molar-refractivity contribution in [3.05, 3.63) is 35.9 Å². The van der Waals surface area contributed by atoms with Gasteiger partial charge in [-0.05, 0) is 55.4 Å². The van der Waals surface area contributed by atoms with Crippen molar-refractivity contribution in [1.29, 1.82) is 0 Å². The van der Waals surface area contributed by atoms with Crippen LogP contribution in [0.1, 0.15) is 37.7 Å². The van der Waals surface area contributed by atoms with E-state index in [2.05, 4.69) is 22.3 Å². The Bertz CT molecular complexity index is 692. The lowest BCUT2D eigenvalue weighted by molar-refractivity contribution is -0.164. The Hall–Kier alpha value is -1.59. The molecule has 2 N–H and O–H groups in total. The summed E-state index contributed by atoms with van der Waals surface area (Å²) in [6.07, 6.45) is 4.93. The Morgan fingerprint density at radius 3 is 2.50 bits per heavy atom. The maximum atomic E-state index is 13.0. The van der Waals surface area contributed by atoms with Gasteiger partial charge >= 0.3 is 6.03 Å². The van der Waals surface area contributed by atoms with Gasteiger partial charge in [-0.2, -0.15) is 0 Å². The van der Waals surface area contributed by atoms with Crippen molar-refractivity contribution in [3.8, 4) is 0 Å². The number of methoxy groups -OCH3 is 1. The molecule has 6 rings (SSSR count). The second-order valence-electron chi connectivity index (χ2n) is 9.04.